The van der Waals surface area contributed by atoms with Gasteiger partial charge in [-0.2, -0.15) is 18.3 Å². The van der Waals surface area contributed by atoms with Crippen LogP contribution in [0.1, 0.15) is 35.6 Å². The number of ether oxygens (including phenoxy) is 1. The van der Waals surface area contributed by atoms with E-state index in [-0.39, 0.29) is 5.82 Å². The van der Waals surface area contributed by atoms with Crippen molar-refractivity contribution in [2.45, 2.75) is 38.0 Å². The van der Waals surface area contributed by atoms with Crippen molar-refractivity contribution in [1.29, 1.82) is 0 Å². The Bertz CT molecular complexity index is 896. The van der Waals surface area contributed by atoms with Gasteiger partial charge in [0.1, 0.15) is 5.82 Å². The number of aliphatic carboxylic acids is 1. The van der Waals surface area contributed by atoms with E-state index in [1.54, 1.807) is 6.07 Å². The molecule has 4 rings (SSSR count). The van der Waals surface area contributed by atoms with Crippen molar-refractivity contribution in [2.75, 3.05) is 19.8 Å². The lowest BCUT2D eigenvalue weighted by Gasteiger charge is -2.33. The molecule has 2 heterocycles. The highest BCUT2D eigenvalue weighted by Gasteiger charge is 2.38. The maximum atomic E-state index is 14.0. The number of nitrogens with zero attached hydrogens (tertiary/aromatic N) is 3. The minimum absolute atomic E-state index is 0.130. The molecule has 1 aliphatic heterocycles. The molecule has 0 bridgehead atoms. The first-order chi connectivity index (χ1) is 14.6. The van der Waals surface area contributed by atoms with Gasteiger partial charge in [0.25, 0.3) is 0 Å². The smallest absolute Gasteiger partial charge is 0.475 e. The first-order valence-corrected chi connectivity index (χ1v) is 9.99. The fraction of sp³-hybridized carbons (Fsp3) is 0.524. The van der Waals surface area contributed by atoms with Gasteiger partial charge in [0, 0.05) is 50.3 Å². The molecule has 1 N–H and O–H groups in total. The molecule has 1 aliphatic carbocycles. The van der Waals surface area contributed by atoms with Crippen molar-refractivity contribution in [2.24, 2.45) is 13.0 Å². The molecule has 2 aliphatic rings. The van der Waals surface area contributed by atoms with E-state index >= 15 is 0 Å². The van der Waals surface area contributed by atoms with E-state index in [9.17, 15) is 17.6 Å². The van der Waals surface area contributed by atoms with E-state index in [1.165, 1.54) is 30.2 Å². The standard InChI is InChI=1S/C19H24FN3O.C2HF3O2/c1-22-19-11-23(9-15-4-2-3-5-18(15)20)10-16(17(19)8-21-22)13-24-12-14-6-7-14;3-2(4,5)1(6)7/h2-5,8,14,16H,6-7,9-13H2,1H3;(H,6,7). The first-order valence-electron chi connectivity index (χ1n) is 9.99. The van der Waals surface area contributed by atoms with Crippen LogP contribution in [0.2, 0.25) is 0 Å². The van der Waals surface area contributed by atoms with Crippen molar-refractivity contribution in [3.05, 3.63) is 53.1 Å². The maximum absolute atomic E-state index is 14.0. The fourth-order valence-electron chi connectivity index (χ4n) is 3.49. The number of aromatic nitrogens is 2. The SMILES string of the molecule is Cn1ncc2c1CN(Cc1ccccc1F)CC2COCC1CC1.O=C(O)C(F)(F)F. The molecule has 0 radical (unpaired) electrons. The van der Waals surface area contributed by atoms with Crippen LogP contribution >= 0.6 is 0 Å². The predicted octanol–water partition coefficient (Wildman–Crippen LogP) is 3.72. The number of hydrogen-bond acceptors (Lipinski definition) is 4. The highest BCUT2D eigenvalue weighted by atomic mass is 19.4. The number of aryl methyl sites for hydroxylation is 1. The zero-order valence-corrected chi connectivity index (χ0v) is 17.1. The molecule has 1 aromatic heterocycles. The molecule has 2 aromatic rings. The molecule has 6 nitrogen and oxygen atoms in total. The van der Waals surface area contributed by atoms with E-state index < -0.39 is 12.1 Å². The third-order valence-electron chi connectivity index (χ3n) is 5.35. The third kappa shape index (κ3) is 6.51. The summed E-state index contributed by atoms with van der Waals surface area (Å²) in [5.74, 6) is -1.80. The van der Waals surface area contributed by atoms with Gasteiger partial charge in [0.2, 0.25) is 0 Å². The normalized spacial score (nSPS) is 18.8. The van der Waals surface area contributed by atoms with E-state index in [2.05, 4.69) is 10.00 Å². The number of carbonyl (C=O) groups is 1. The van der Waals surface area contributed by atoms with Crippen molar-refractivity contribution < 1.29 is 32.2 Å². The number of carboxylic acid groups (broad SMARTS) is 1. The van der Waals surface area contributed by atoms with E-state index in [4.69, 9.17) is 14.6 Å². The monoisotopic (exact) mass is 443 g/mol. The molecule has 0 spiro atoms. The van der Waals surface area contributed by atoms with Gasteiger partial charge < -0.3 is 9.84 Å². The number of fused-ring (bicyclic) bond motifs is 1. The Morgan fingerprint density at radius 3 is 2.55 bits per heavy atom. The van der Waals surface area contributed by atoms with Gasteiger partial charge in [-0.05, 0) is 24.8 Å². The Hall–Kier alpha value is -2.46. The summed E-state index contributed by atoms with van der Waals surface area (Å²) in [6.07, 6.45) is -0.495. The summed E-state index contributed by atoms with van der Waals surface area (Å²) in [5, 5.41) is 11.5. The highest BCUT2D eigenvalue weighted by molar-refractivity contribution is 5.73. The lowest BCUT2D eigenvalue weighted by molar-refractivity contribution is -0.192. The fourth-order valence-corrected chi connectivity index (χ4v) is 3.49. The Labute approximate surface area is 177 Å². The van der Waals surface area contributed by atoms with E-state index in [1.807, 2.05) is 30.1 Å². The molecule has 31 heavy (non-hydrogen) atoms. The molecular weight excluding hydrogens is 418 g/mol. The second-order valence-corrected chi connectivity index (χ2v) is 7.91. The largest absolute Gasteiger partial charge is 0.490 e. The van der Waals surface area contributed by atoms with Crippen molar-refractivity contribution in [1.82, 2.24) is 14.7 Å². The van der Waals surface area contributed by atoms with Crippen LogP contribution in [0.15, 0.2) is 30.5 Å². The molecule has 1 unspecified atom stereocenters. The summed E-state index contributed by atoms with van der Waals surface area (Å²) in [6, 6.07) is 7.04. The molecule has 170 valence electrons. The molecule has 1 aromatic carbocycles. The zero-order valence-electron chi connectivity index (χ0n) is 17.1. The Balaban J connectivity index is 0.000000339. The molecule has 0 amide bonds. The Morgan fingerprint density at radius 2 is 1.94 bits per heavy atom. The Kier molecular flexibility index (Phi) is 7.32. The summed E-state index contributed by atoms with van der Waals surface area (Å²) in [6.45, 7) is 3.91. The average molecular weight is 443 g/mol. The van der Waals surface area contributed by atoms with Crippen LogP contribution in [0.3, 0.4) is 0 Å². The number of halogens is 4. The minimum atomic E-state index is -5.08. The first kappa shape index (κ1) is 23.2. The molecule has 1 fully saturated rings. The van der Waals surface area contributed by atoms with Gasteiger partial charge in [0.05, 0.1) is 18.5 Å². The number of alkyl halides is 3. The summed E-state index contributed by atoms with van der Waals surface area (Å²) in [4.78, 5) is 11.2. The topological polar surface area (TPSA) is 67.6 Å². The molecule has 0 saturated heterocycles. The zero-order chi connectivity index (χ0) is 22.6. The van der Waals surface area contributed by atoms with Gasteiger partial charge >= 0.3 is 12.1 Å². The van der Waals surface area contributed by atoms with Crippen LogP contribution in [0.25, 0.3) is 0 Å². The van der Waals surface area contributed by atoms with Gasteiger partial charge in [0.15, 0.2) is 0 Å². The summed E-state index contributed by atoms with van der Waals surface area (Å²) < 4.78 is 53.6. The van der Waals surface area contributed by atoms with Crippen LogP contribution in [0, 0.1) is 11.7 Å². The summed E-state index contributed by atoms with van der Waals surface area (Å²) in [7, 11) is 1.98. The van der Waals surface area contributed by atoms with Crippen LogP contribution in [0.5, 0.6) is 0 Å². The van der Waals surface area contributed by atoms with Crippen LogP contribution < -0.4 is 0 Å². The maximum Gasteiger partial charge on any atom is 0.490 e. The lowest BCUT2D eigenvalue weighted by Crippen LogP contribution is -2.35. The molecule has 1 saturated carbocycles. The van der Waals surface area contributed by atoms with Crippen molar-refractivity contribution in [3.63, 3.8) is 0 Å². The van der Waals surface area contributed by atoms with Crippen molar-refractivity contribution in [3.8, 4) is 0 Å². The lowest BCUT2D eigenvalue weighted by atomic mass is 9.95. The summed E-state index contributed by atoms with van der Waals surface area (Å²) >= 11 is 0. The van der Waals surface area contributed by atoms with Gasteiger partial charge in [-0.1, -0.05) is 18.2 Å². The quantitative estimate of drug-likeness (QED) is 0.690. The van der Waals surface area contributed by atoms with E-state index in [0.717, 1.165) is 37.8 Å². The van der Waals surface area contributed by atoms with Crippen molar-refractivity contribution >= 4 is 5.97 Å². The second kappa shape index (κ2) is 9.78. The summed E-state index contributed by atoms with van der Waals surface area (Å²) in [5.41, 5.74) is 3.26. The molecular formula is C21H25F4N3O3. The predicted molar refractivity (Wildman–Crippen MR) is 104 cm³/mol. The van der Waals surface area contributed by atoms with Gasteiger partial charge in [-0.15, -0.1) is 0 Å². The minimum Gasteiger partial charge on any atom is -0.475 e. The number of rotatable bonds is 6. The number of benzene rings is 1. The third-order valence-corrected chi connectivity index (χ3v) is 5.35. The highest BCUT2D eigenvalue weighted by Crippen LogP contribution is 2.32. The second-order valence-electron chi connectivity index (χ2n) is 7.91. The number of hydrogen-bond donors (Lipinski definition) is 1. The van der Waals surface area contributed by atoms with Crippen LogP contribution in [0.4, 0.5) is 17.6 Å². The molecule has 1 atom stereocenters. The molecule has 10 heteroatoms. The van der Waals surface area contributed by atoms with E-state index in [0.29, 0.717) is 12.5 Å². The average Bonchev–Trinajstić information content (AvgIpc) is 3.45. The van der Waals surface area contributed by atoms with Crippen LogP contribution in [-0.2, 0) is 29.7 Å². The number of carboxylic acids is 1. The Morgan fingerprint density at radius 1 is 1.26 bits per heavy atom. The van der Waals surface area contributed by atoms with Crippen LogP contribution in [-0.4, -0.2) is 51.7 Å². The van der Waals surface area contributed by atoms with Gasteiger partial charge in [-0.3, -0.25) is 9.58 Å². The van der Waals surface area contributed by atoms with Gasteiger partial charge in [-0.25, -0.2) is 9.18 Å².